The molecule has 0 unspecified atom stereocenters. The summed E-state index contributed by atoms with van der Waals surface area (Å²) in [4.78, 5) is 35.3. The molecule has 1 aromatic heterocycles. The molecule has 7 heteroatoms. The molecular formula is C25H33N3O3S. The Morgan fingerprint density at radius 2 is 1.69 bits per heavy atom. The SMILES string of the molecule is Cc1nc(C)c(C(=O)N2CCC(COc3ccccc3)(CC(=O)N3CCCCC3)CC2)s1. The van der Waals surface area contributed by atoms with Crippen molar-refractivity contribution in [3.63, 3.8) is 0 Å². The predicted molar refractivity (Wildman–Crippen MR) is 126 cm³/mol. The Hall–Kier alpha value is -2.41. The molecule has 2 fully saturated rings. The van der Waals surface area contributed by atoms with Crippen LogP contribution in [0.1, 0.15) is 58.9 Å². The standard InChI is InChI=1S/C25H33N3O3S/c1-19-23(32-20(2)26-19)24(30)28-15-11-25(12-16-28,18-31-21-9-5-3-6-10-21)17-22(29)27-13-7-4-8-14-27/h3,5-6,9-10H,4,7-8,11-18H2,1-2H3. The zero-order valence-corrected chi connectivity index (χ0v) is 20.0. The molecule has 0 spiro atoms. The van der Waals surface area contributed by atoms with Crippen LogP contribution in [0.2, 0.25) is 0 Å². The summed E-state index contributed by atoms with van der Waals surface area (Å²) in [5, 5.41) is 0.917. The first-order valence-electron chi connectivity index (χ1n) is 11.6. The summed E-state index contributed by atoms with van der Waals surface area (Å²) in [6.07, 6.45) is 5.41. The quantitative estimate of drug-likeness (QED) is 0.645. The average Bonchev–Trinajstić information content (AvgIpc) is 3.17. The van der Waals surface area contributed by atoms with Crippen molar-refractivity contribution in [2.75, 3.05) is 32.8 Å². The van der Waals surface area contributed by atoms with Gasteiger partial charge in [0.15, 0.2) is 0 Å². The molecule has 0 atom stereocenters. The first kappa shape index (κ1) is 22.8. The number of thiazole rings is 1. The highest BCUT2D eigenvalue weighted by Gasteiger charge is 2.40. The van der Waals surface area contributed by atoms with E-state index in [2.05, 4.69) is 4.98 Å². The Balaban J connectivity index is 1.45. The lowest BCUT2D eigenvalue weighted by Crippen LogP contribution is -2.48. The van der Waals surface area contributed by atoms with E-state index in [9.17, 15) is 9.59 Å². The molecule has 2 saturated heterocycles. The summed E-state index contributed by atoms with van der Waals surface area (Å²) >= 11 is 1.47. The summed E-state index contributed by atoms with van der Waals surface area (Å²) in [5.74, 6) is 1.12. The minimum Gasteiger partial charge on any atom is -0.493 e. The van der Waals surface area contributed by atoms with Crippen molar-refractivity contribution in [2.45, 2.75) is 52.4 Å². The van der Waals surface area contributed by atoms with E-state index in [1.54, 1.807) is 0 Å². The van der Waals surface area contributed by atoms with Gasteiger partial charge in [-0.15, -0.1) is 11.3 Å². The summed E-state index contributed by atoms with van der Waals surface area (Å²) in [6, 6.07) is 9.79. The van der Waals surface area contributed by atoms with E-state index >= 15 is 0 Å². The molecule has 0 radical (unpaired) electrons. The molecule has 32 heavy (non-hydrogen) atoms. The van der Waals surface area contributed by atoms with Crippen molar-refractivity contribution in [2.24, 2.45) is 5.41 Å². The van der Waals surface area contributed by atoms with Gasteiger partial charge in [-0.3, -0.25) is 9.59 Å². The molecule has 6 nitrogen and oxygen atoms in total. The van der Waals surface area contributed by atoms with Crippen molar-refractivity contribution in [1.29, 1.82) is 0 Å². The summed E-state index contributed by atoms with van der Waals surface area (Å²) in [5.41, 5.74) is 0.557. The molecule has 2 amide bonds. The zero-order chi connectivity index (χ0) is 22.6. The number of hydrogen-bond donors (Lipinski definition) is 0. The lowest BCUT2D eigenvalue weighted by molar-refractivity contribution is -0.136. The molecule has 2 aliphatic heterocycles. The first-order valence-corrected chi connectivity index (χ1v) is 12.5. The van der Waals surface area contributed by atoms with Gasteiger partial charge in [0, 0.05) is 38.0 Å². The van der Waals surface area contributed by atoms with Crippen LogP contribution in [-0.4, -0.2) is 59.4 Å². The second kappa shape index (κ2) is 10.0. The van der Waals surface area contributed by atoms with Crippen LogP contribution in [0.25, 0.3) is 0 Å². The Bertz CT molecular complexity index is 929. The number of piperidine rings is 2. The molecule has 172 valence electrons. The molecule has 0 saturated carbocycles. The minimum atomic E-state index is -0.250. The molecule has 0 bridgehead atoms. The Kier molecular flexibility index (Phi) is 7.13. The van der Waals surface area contributed by atoms with E-state index in [-0.39, 0.29) is 17.2 Å². The van der Waals surface area contributed by atoms with E-state index in [1.165, 1.54) is 17.8 Å². The van der Waals surface area contributed by atoms with Crippen LogP contribution in [0, 0.1) is 19.3 Å². The van der Waals surface area contributed by atoms with Crippen LogP contribution in [0.15, 0.2) is 30.3 Å². The van der Waals surface area contributed by atoms with Gasteiger partial charge < -0.3 is 14.5 Å². The van der Waals surface area contributed by atoms with Crippen molar-refractivity contribution in [3.8, 4) is 5.75 Å². The molecule has 3 heterocycles. The van der Waals surface area contributed by atoms with Crippen LogP contribution in [0.5, 0.6) is 5.75 Å². The number of aryl methyl sites for hydroxylation is 2. The number of likely N-dealkylation sites (tertiary alicyclic amines) is 2. The maximum absolute atomic E-state index is 13.2. The van der Waals surface area contributed by atoms with Gasteiger partial charge in [0.25, 0.3) is 5.91 Å². The van der Waals surface area contributed by atoms with Crippen molar-refractivity contribution in [1.82, 2.24) is 14.8 Å². The lowest BCUT2D eigenvalue weighted by Gasteiger charge is -2.42. The third-order valence-corrected chi connectivity index (χ3v) is 7.79. The lowest BCUT2D eigenvalue weighted by atomic mass is 9.75. The van der Waals surface area contributed by atoms with Gasteiger partial charge in [-0.25, -0.2) is 4.98 Å². The van der Waals surface area contributed by atoms with E-state index in [0.717, 1.165) is 60.1 Å². The molecular weight excluding hydrogens is 422 g/mol. The first-order chi connectivity index (χ1) is 15.5. The normalized spacial score (nSPS) is 18.4. The Morgan fingerprint density at radius 1 is 1.00 bits per heavy atom. The summed E-state index contributed by atoms with van der Waals surface area (Å²) < 4.78 is 6.16. The van der Waals surface area contributed by atoms with Gasteiger partial charge in [-0.1, -0.05) is 18.2 Å². The average molecular weight is 456 g/mol. The third-order valence-electron chi connectivity index (χ3n) is 6.73. The van der Waals surface area contributed by atoms with E-state index in [0.29, 0.717) is 26.1 Å². The number of rotatable bonds is 6. The highest BCUT2D eigenvalue weighted by Crippen LogP contribution is 2.37. The number of carbonyl (C=O) groups is 2. The number of nitrogens with zero attached hydrogens (tertiary/aromatic N) is 3. The van der Waals surface area contributed by atoms with Crippen LogP contribution in [0.4, 0.5) is 0 Å². The fourth-order valence-electron chi connectivity index (χ4n) is 4.76. The second-order valence-corrected chi connectivity index (χ2v) is 10.4. The number of benzene rings is 1. The fraction of sp³-hybridized carbons (Fsp3) is 0.560. The van der Waals surface area contributed by atoms with Gasteiger partial charge >= 0.3 is 0 Å². The monoisotopic (exact) mass is 455 g/mol. The molecule has 0 aliphatic carbocycles. The van der Waals surface area contributed by atoms with Crippen LogP contribution in [0.3, 0.4) is 0 Å². The van der Waals surface area contributed by atoms with Gasteiger partial charge in [-0.2, -0.15) is 0 Å². The fourth-order valence-corrected chi connectivity index (χ4v) is 5.65. The maximum Gasteiger partial charge on any atom is 0.265 e. The van der Waals surface area contributed by atoms with Crippen LogP contribution in [-0.2, 0) is 4.79 Å². The number of amides is 2. The summed E-state index contributed by atoms with van der Waals surface area (Å²) in [6.45, 7) is 7.34. The molecule has 0 N–H and O–H groups in total. The van der Waals surface area contributed by atoms with Crippen molar-refractivity contribution in [3.05, 3.63) is 45.9 Å². The predicted octanol–water partition coefficient (Wildman–Crippen LogP) is 4.46. The highest BCUT2D eigenvalue weighted by molar-refractivity contribution is 7.13. The topological polar surface area (TPSA) is 62.7 Å². The Labute approximate surface area is 194 Å². The number of carbonyl (C=O) groups excluding carboxylic acids is 2. The number of aromatic nitrogens is 1. The van der Waals surface area contributed by atoms with Gasteiger partial charge in [0.1, 0.15) is 10.6 Å². The molecule has 2 aromatic rings. The second-order valence-electron chi connectivity index (χ2n) is 9.16. The molecule has 1 aromatic carbocycles. The van der Waals surface area contributed by atoms with Crippen molar-refractivity contribution >= 4 is 23.2 Å². The van der Waals surface area contributed by atoms with E-state index in [4.69, 9.17) is 4.74 Å². The minimum absolute atomic E-state index is 0.0630. The van der Waals surface area contributed by atoms with Crippen molar-refractivity contribution < 1.29 is 14.3 Å². The summed E-state index contributed by atoms with van der Waals surface area (Å²) in [7, 11) is 0. The number of ether oxygens (including phenoxy) is 1. The molecule has 4 rings (SSSR count). The molecule has 2 aliphatic rings. The van der Waals surface area contributed by atoms with Gasteiger partial charge in [0.2, 0.25) is 5.91 Å². The smallest absolute Gasteiger partial charge is 0.265 e. The van der Waals surface area contributed by atoms with Crippen LogP contribution >= 0.6 is 11.3 Å². The van der Waals surface area contributed by atoms with Gasteiger partial charge in [-0.05, 0) is 58.1 Å². The number of hydrogen-bond acceptors (Lipinski definition) is 5. The van der Waals surface area contributed by atoms with Gasteiger partial charge in [0.05, 0.1) is 17.3 Å². The third kappa shape index (κ3) is 5.31. The largest absolute Gasteiger partial charge is 0.493 e. The maximum atomic E-state index is 13.2. The zero-order valence-electron chi connectivity index (χ0n) is 19.1. The van der Waals surface area contributed by atoms with E-state index < -0.39 is 0 Å². The van der Waals surface area contributed by atoms with Crippen LogP contribution < -0.4 is 4.74 Å². The van der Waals surface area contributed by atoms with E-state index in [1.807, 2.05) is 54.0 Å². The Morgan fingerprint density at radius 3 is 2.31 bits per heavy atom. The number of para-hydroxylation sites is 1. The highest BCUT2D eigenvalue weighted by atomic mass is 32.1.